The summed E-state index contributed by atoms with van der Waals surface area (Å²) in [6.07, 6.45) is -3.09. The maximum absolute atomic E-state index is 12.3. The number of methoxy groups -OCH3 is 1. The van der Waals surface area contributed by atoms with Crippen molar-refractivity contribution in [3.8, 4) is 11.5 Å². The average molecular weight is 416 g/mol. The van der Waals surface area contributed by atoms with E-state index >= 15 is 0 Å². The number of aliphatic imine (C=N–C) groups is 1. The van der Waals surface area contributed by atoms with Gasteiger partial charge in [-0.15, -0.1) is 0 Å². The van der Waals surface area contributed by atoms with Crippen LogP contribution in [0.5, 0.6) is 11.5 Å². The van der Waals surface area contributed by atoms with E-state index in [0.29, 0.717) is 25.5 Å². The van der Waals surface area contributed by atoms with Crippen LogP contribution < -0.4 is 20.1 Å². The number of halogens is 3. The fourth-order valence-corrected chi connectivity index (χ4v) is 3.00. The minimum atomic E-state index is -4.42. The largest absolute Gasteiger partial charge is 0.493 e. The minimum absolute atomic E-state index is 0.0303. The fourth-order valence-electron chi connectivity index (χ4n) is 3.00. The third-order valence-electron chi connectivity index (χ3n) is 4.49. The second-order valence-corrected chi connectivity index (χ2v) is 6.64. The molecule has 1 aromatic rings. The highest BCUT2D eigenvalue weighted by Gasteiger charge is 2.29. The maximum atomic E-state index is 12.3. The molecule has 0 bridgehead atoms. The van der Waals surface area contributed by atoms with Gasteiger partial charge in [0.1, 0.15) is 0 Å². The summed E-state index contributed by atoms with van der Waals surface area (Å²) in [5.41, 5.74) is 0.790. The van der Waals surface area contributed by atoms with Crippen molar-refractivity contribution in [1.29, 1.82) is 0 Å². The van der Waals surface area contributed by atoms with Crippen LogP contribution in [0, 0.1) is 0 Å². The molecule has 162 valence electrons. The molecule has 7 nitrogen and oxygen atoms in total. The van der Waals surface area contributed by atoms with Crippen molar-refractivity contribution in [2.24, 2.45) is 4.99 Å². The molecule has 1 amide bonds. The Balaban J connectivity index is 1.90. The van der Waals surface area contributed by atoms with Crippen molar-refractivity contribution >= 4 is 11.9 Å². The average Bonchev–Trinajstić information content (AvgIpc) is 3.17. The van der Waals surface area contributed by atoms with Crippen LogP contribution in [-0.2, 0) is 11.3 Å². The van der Waals surface area contributed by atoms with Crippen molar-refractivity contribution in [2.75, 3.05) is 33.9 Å². The number of hydrogen-bond donors (Lipinski definition) is 2. The molecule has 0 aliphatic carbocycles. The number of likely N-dealkylation sites (tertiary alicyclic amines) is 1. The van der Waals surface area contributed by atoms with Gasteiger partial charge in [0.15, 0.2) is 24.1 Å². The number of nitrogens with one attached hydrogen (secondary N) is 2. The highest BCUT2D eigenvalue weighted by molar-refractivity contribution is 5.80. The van der Waals surface area contributed by atoms with Gasteiger partial charge < -0.3 is 25.0 Å². The first kappa shape index (κ1) is 22.6. The molecule has 10 heteroatoms. The quantitative estimate of drug-likeness (QED) is 0.527. The van der Waals surface area contributed by atoms with Gasteiger partial charge in [0.05, 0.1) is 7.11 Å². The zero-order valence-electron chi connectivity index (χ0n) is 16.8. The van der Waals surface area contributed by atoms with Gasteiger partial charge in [0.2, 0.25) is 5.91 Å². The van der Waals surface area contributed by atoms with Gasteiger partial charge in [0.25, 0.3) is 0 Å². The van der Waals surface area contributed by atoms with Gasteiger partial charge in [0, 0.05) is 39.1 Å². The standard InChI is InChI=1S/C19H27F3N4O3/c1-4-17(27)26-8-7-14(11-26)25-18(23-2)24-10-13-5-6-15(16(9-13)28-3)29-12-19(20,21)22/h5-6,9,14H,4,7-8,10-12H2,1-3H3,(H2,23,24,25). The van der Waals surface area contributed by atoms with E-state index < -0.39 is 12.8 Å². The van der Waals surface area contributed by atoms with E-state index in [-0.39, 0.29) is 23.4 Å². The second kappa shape index (κ2) is 10.2. The number of carbonyl (C=O) groups excluding carboxylic acids is 1. The van der Waals surface area contributed by atoms with E-state index in [4.69, 9.17) is 9.47 Å². The van der Waals surface area contributed by atoms with E-state index in [9.17, 15) is 18.0 Å². The first-order chi connectivity index (χ1) is 13.8. The lowest BCUT2D eigenvalue weighted by Gasteiger charge is -2.19. The lowest BCUT2D eigenvalue weighted by atomic mass is 10.2. The number of benzene rings is 1. The van der Waals surface area contributed by atoms with E-state index in [1.165, 1.54) is 13.2 Å². The van der Waals surface area contributed by atoms with E-state index in [2.05, 4.69) is 15.6 Å². The van der Waals surface area contributed by atoms with Crippen LogP contribution in [0.4, 0.5) is 13.2 Å². The highest BCUT2D eigenvalue weighted by atomic mass is 19.4. The molecule has 1 fully saturated rings. The third kappa shape index (κ3) is 7.03. The topological polar surface area (TPSA) is 75.2 Å². The molecule has 2 rings (SSSR count). The Bertz CT molecular complexity index is 725. The minimum Gasteiger partial charge on any atom is -0.493 e. The molecule has 29 heavy (non-hydrogen) atoms. The highest BCUT2D eigenvalue weighted by Crippen LogP contribution is 2.29. The number of ether oxygens (including phenoxy) is 2. The zero-order chi connectivity index (χ0) is 21.4. The summed E-state index contributed by atoms with van der Waals surface area (Å²) in [4.78, 5) is 17.8. The molecule has 1 saturated heterocycles. The Labute approximate surface area is 168 Å². The van der Waals surface area contributed by atoms with Gasteiger partial charge in [-0.2, -0.15) is 13.2 Å². The van der Waals surface area contributed by atoms with Gasteiger partial charge in [-0.25, -0.2) is 0 Å². The monoisotopic (exact) mass is 416 g/mol. The van der Waals surface area contributed by atoms with Crippen molar-refractivity contribution in [3.63, 3.8) is 0 Å². The van der Waals surface area contributed by atoms with Crippen molar-refractivity contribution in [3.05, 3.63) is 23.8 Å². The van der Waals surface area contributed by atoms with Gasteiger partial charge in [-0.3, -0.25) is 9.79 Å². The smallest absolute Gasteiger partial charge is 0.422 e. The van der Waals surface area contributed by atoms with Crippen molar-refractivity contribution in [1.82, 2.24) is 15.5 Å². The van der Waals surface area contributed by atoms with Crippen LogP contribution in [0.15, 0.2) is 23.2 Å². The lowest BCUT2D eigenvalue weighted by Crippen LogP contribution is -2.44. The van der Waals surface area contributed by atoms with E-state index in [1.54, 1.807) is 19.2 Å². The van der Waals surface area contributed by atoms with Crippen LogP contribution in [-0.4, -0.2) is 62.8 Å². The zero-order valence-corrected chi connectivity index (χ0v) is 16.8. The predicted molar refractivity (Wildman–Crippen MR) is 103 cm³/mol. The van der Waals surface area contributed by atoms with E-state index in [1.807, 2.05) is 11.8 Å². The Morgan fingerprint density at radius 2 is 2.10 bits per heavy atom. The lowest BCUT2D eigenvalue weighted by molar-refractivity contribution is -0.153. The van der Waals surface area contributed by atoms with Crippen LogP contribution in [0.2, 0.25) is 0 Å². The van der Waals surface area contributed by atoms with Crippen molar-refractivity contribution < 1.29 is 27.4 Å². The molecule has 1 aromatic carbocycles. The number of amides is 1. The Morgan fingerprint density at radius 1 is 1.34 bits per heavy atom. The number of guanidine groups is 1. The van der Waals surface area contributed by atoms with Crippen LogP contribution in [0.25, 0.3) is 0 Å². The molecular weight excluding hydrogens is 389 g/mol. The number of nitrogens with zero attached hydrogens (tertiary/aromatic N) is 2. The van der Waals surface area contributed by atoms with Crippen LogP contribution in [0.3, 0.4) is 0 Å². The summed E-state index contributed by atoms with van der Waals surface area (Å²) in [6.45, 7) is 2.21. The van der Waals surface area contributed by atoms with Gasteiger partial charge in [-0.1, -0.05) is 13.0 Å². The molecule has 1 aliphatic rings. The molecule has 1 unspecified atom stereocenters. The summed E-state index contributed by atoms with van der Waals surface area (Å²) in [7, 11) is 3.02. The number of carbonyl (C=O) groups is 1. The second-order valence-electron chi connectivity index (χ2n) is 6.64. The molecule has 0 spiro atoms. The summed E-state index contributed by atoms with van der Waals surface area (Å²) >= 11 is 0. The Hall–Kier alpha value is -2.65. The normalized spacial score (nSPS) is 17.2. The molecule has 0 aromatic heterocycles. The number of hydrogen-bond acceptors (Lipinski definition) is 4. The van der Waals surface area contributed by atoms with Crippen molar-refractivity contribution in [2.45, 2.75) is 38.5 Å². The molecule has 1 aliphatic heterocycles. The Morgan fingerprint density at radius 3 is 2.72 bits per heavy atom. The first-order valence-corrected chi connectivity index (χ1v) is 9.37. The van der Waals surface area contributed by atoms with Gasteiger partial charge in [-0.05, 0) is 24.1 Å². The maximum Gasteiger partial charge on any atom is 0.422 e. The molecule has 0 radical (unpaired) electrons. The molecule has 1 atom stereocenters. The molecule has 2 N–H and O–H groups in total. The summed E-state index contributed by atoms with van der Waals surface area (Å²) in [5.74, 6) is 0.970. The van der Waals surface area contributed by atoms with E-state index in [0.717, 1.165) is 18.5 Å². The Kier molecular flexibility index (Phi) is 7.98. The third-order valence-corrected chi connectivity index (χ3v) is 4.49. The first-order valence-electron chi connectivity index (χ1n) is 9.37. The molecular formula is C19H27F3N4O3. The summed E-state index contributed by atoms with van der Waals surface area (Å²) in [6, 6.07) is 4.84. The fraction of sp³-hybridized carbons (Fsp3) is 0.579. The van der Waals surface area contributed by atoms with Gasteiger partial charge >= 0.3 is 6.18 Å². The SMILES string of the molecule is CCC(=O)N1CCC(NC(=NC)NCc2ccc(OCC(F)(F)F)c(OC)c2)C1. The number of alkyl halides is 3. The molecule has 0 saturated carbocycles. The summed E-state index contributed by atoms with van der Waals surface area (Å²) < 4.78 is 46.9. The summed E-state index contributed by atoms with van der Waals surface area (Å²) in [5, 5.41) is 6.44. The van der Waals surface area contributed by atoms with Crippen LogP contribution in [0.1, 0.15) is 25.3 Å². The number of rotatable bonds is 7. The predicted octanol–water partition coefficient (Wildman–Crippen LogP) is 2.31. The molecule has 1 heterocycles. The van der Waals surface area contributed by atoms with Crippen LogP contribution >= 0.6 is 0 Å².